The fraction of sp³-hybridized carbons (Fsp3) is 0.213. The van der Waals surface area contributed by atoms with Gasteiger partial charge in [0, 0.05) is 42.1 Å². The number of anilines is 3. The number of hydrogen-bond donors (Lipinski definition) is 0. The number of fused-ring (bicyclic) bond motifs is 3. The molecule has 0 aromatic heterocycles. The van der Waals surface area contributed by atoms with Crippen LogP contribution in [0.1, 0.15) is 100 Å². The van der Waals surface area contributed by atoms with Crippen LogP contribution in [-0.4, -0.2) is 19.1 Å². The van der Waals surface area contributed by atoms with Crippen LogP contribution < -0.4 is 9.80 Å². The van der Waals surface area contributed by atoms with Crippen molar-refractivity contribution in [1.82, 2.24) is 0 Å². The lowest BCUT2D eigenvalue weighted by molar-refractivity contribution is 0.642. The second kappa shape index (κ2) is 18.4. The van der Waals surface area contributed by atoms with Gasteiger partial charge in [-0.1, -0.05) is 174 Å². The van der Waals surface area contributed by atoms with E-state index in [9.17, 15) is 0 Å². The Morgan fingerprint density at radius 3 is 1.67 bits per heavy atom. The van der Waals surface area contributed by atoms with Gasteiger partial charge in [-0.05, 0) is 152 Å². The first kappa shape index (κ1) is 41.7. The predicted molar refractivity (Wildman–Crippen MR) is 272 cm³/mol. The zero-order valence-electron chi connectivity index (χ0n) is 37.9. The Labute approximate surface area is 376 Å². The largest absolute Gasteiger partial charge is 0.372 e. The highest BCUT2D eigenvalue weighted by atomic mass is 15.2. The lowest BCUT2D eigenvalue weighted by Crippen LogP contribution is -2.26. The van der Waals surface area contributed by atoms with Crippen LogP contribution in [0.25, 0.3) is 34.4 Å². The van der Waals surface area contributed by atoms with Gasteiger partial charge < -0.3 is 9.80 Å². The van der Waals surface area contributed by atoms with Crippen molar-refractivity contribution in [2.24, 2.45) is 0 Å². The SMILES string of the molecule is CCN(CC)c1cccc(-c2c(/C=C/C=C(c3ccc(C)cc3)c3ccc(C)cc3)ccc3c2C2CCCC2N3c2ccc(C=C(c3ccc(C)cc3)c3ccc(C)cc3)cc2)c1. The molecule has 0 saturated heterocycles. The monoisotopic (exact) mass is 820 g/mol. The summed E-state index contributed by atoms with van der Waals surface area (Å²) in [5.41, 5.74) is 23.0. The Bertz CT molecular complexity index is 2680. The van der Waals surface area contributed by atoms with Crippen molar-refractivity contribution < 1.29 is 0 Å². The number of allylic oxidation sites excluding steroid dienone is 2. The molecule has 7 aromatic rings. The number of benzene rings is 7. The molecule has 9 rings (SSSR count). The summed E-state index contributed by atoms with van der Waals surface area (Å²) in [6.07, 6.45) is 12.9. The quantitative estimate of drug-likeness (QED) is 0.0895. The van der Waals surface area contributed by atoms with Crippen LogP contribution >= 0.6 is 0 Å². The fourth-order valence-electron chi connectivity index (χ4n) is 9.98. The number of nitrogens with zero attached hydrogens (tertiary/aromatic N) is 2. The summed E-state index contributed by atoms with van der Waals surface area (Å²) in [7, 11) is 0. The molecule has 1 aliphatic carbocycles. The third-order valence-electron chi connectivity index (χ3n) is 13.4. The van der Waals surface area contributed by atoms with Crippen LogP contribution in [0.4, 0.5) is 17.1 Å². The molecule has 0 bridgehead atoms. The molecule has 1 heterocycles. The zero-order valence-corrected chi connectivity index (χ0v) is 37.9. The van der Waals surface area contributed by atoms with E-state index in [1.54, 1.807) is 0 Å². The Balaban J connectivity index is 1.14. The maximum Gasteiger partial charge on any atom is 0.0456 e. The molecule has 2 heteroatoms. The average molecular weight is 821 g/mol. The van der Waals surface area contributed by atoms with Crippen molar-refractivity contribution in [3.8, 4) is 11.1 Å². The molecule has 63 heavy (non-hydrogen) atoms. The van der Waals surface area contributed by atoms with E-state index in [4.69, 9.17) is 0 Å². The van der Waals surface area contributed by atoms with Gasteiger partial charge in [-0.3, -0.25) is 0 Å². The van der Waals surface area contributed by atoms with Gasteiger partial charge in [0.25, 0.3) is 0 Å². The van der Waals surface area contributed by atoms with Crippen molar-refractivity contribution in [3.63, 3.8) is 0 Å². The zero-order chi connectivity index (χ0) is 43.5. The van der Waals surface area contributed by atoms with Crippen molar-refractivity contribution in [1.29, 1.82) is 0 Å². The van der Waals surface area contributed by atoms with Crippen molar-refractivity contribution in [2.45, 2.75) is 72.8 Å². The minimum absolute atomic E-state index is 0.426. The highest BCUT2D eigenvalue weighted by Crippen LogP contribution is 2.56. The summed E-state index contributed by atoms with van der Waals surface area (Å²) in [4.78, 5) is 5.14. The van der Waals surface area contributed by atoms with E-state index in [0.717, 1.165) is 13.1 Å². The standard InChI is InChI=1S/C61H60N2/c1-7-62(8-2)54-14-9-13-52(41-54)60-51(12-10-15-55(47-28-18-42(3)19-29-47)48-30-20-43(4)21-31-48)36-39-59-61(60)56-16-11-17-58(56)63(59)53-37-26-46(27-38-53)40-57(49-32-22-44(5)23-33-49)50-34-24-45(6)25-35-50/h9-10,12-15,18-41,56,58H,7-8,11,16-17H2,1-6H3/b12-10+. The Kier molecular flexibility index (Phi) is 12.2. The molecule has 0 radical (unpaired) electrons. The first-order valence-electron chi connectivity index (χ1n) is 23.1. The van der Waals surface area contributed by atoms with Crippen LogP contribution in [0.3, 0.4) is 0 Å². The second-order valence-electron chi connectivity index (χ2n) is 17.7. The minimum atomic E-state index is 0.426. The molecule has 0 N–H and O–H groups in total. The summed E-state index contributed by atoms with van der Waals surface area (Å²) < 4.78 is 0. The highest BCUT2D eigenvalue weighted by molar-refractivity contribution is 5.93. The van der Waals surface area contributed by atoms with Crippen LogP contribution in [0, 0.1) is 27.7 Å². The molecule has 0 spiro atoms. The van der Waals surface area contributed by atoms with E-state index >= 15 is 0 Å². The van der Waals surface area contributed by atoms with Crippen molar-refractivity contribution in [2.75, 3.05) is 22.9 Å². The first-order valence-corrected chi connectivity index (χ1v) is 23.1. The summed E-state index contributed by atoms with van der Waals surface area (Å²) in [5.74, 6) is 0.459. The normalized spacial score (nSPS) is 15.3. The molecule has 314 valence electrons. The van der Waals surface area contributed by atoms with E-state index in [1.165, 1.54) is 120 Å². The van der Waals surface area contributed by atoms with Gasteiger partial charge in [0.05, 0.1) is 0 Å². The molecule has 2 nitrogen and oxygen atoms in total. The third-order valence-corrected chi connectivity index (χ3v) is 13.4. The topological polar surface area (TPSA) is 6.48 Å². The summed E-state index contributed by atoms with van der Waals surface area (Å²) in [5, 5.41) is 0. The molecule has 2 atom stereocenters. The van der Waals surface area contributed by atoms with Gasteiger partial charge >= 0.3 is 0 Å². The minimum Gasteiger partial charge on any atom is -0.372 e. The first-order chi connectivity index (χ1) is 30.8. The summed E-state index contributed by atoms with van der Waals surface area (Å²) in [6.45, 7) is 15.1. The lowest BCUT2D eigenvalue weighted by atomic mass is 9.86. The molecule has 2 aliphatic rings. The summed E-state index contributed by atoms with van der Waals surface area (Å²) >= 11 is 0. The van der Waals surface area contributed by atoms with E-state index < -0.39 is 0 Å². The smallest absolute Gasteiger partial charge is 0.0456 e. The van der Waals surface area contributed by atoms with E-state index in [0.29, 0.717) is 12.0 Å². The predicted octanol–water partition coefficient (Wildman–Crippen LogP) is 16.0. The number of hydrogen-bond acceptors (Lipinski definition) is 2. The average Bonchev–Trinajstić information content (AvgIpc) is 3.91. The lowest BCUT2D eigenvalue weighted by Gasteiger charge is -2.27. The maximum absolute atomic E-state index is 2.68. The molecule has 1 saturated carbocycles. The molecule has 0 amide bonds. The highest BCUT2D eigenvalue weighted by Gasteiger charge is 2.44. The fourth-order valence-corrected chi connectivity index (χ4v) is 9.98. The summed E-state index contributed by atoms with van der Waals surface area (Å²) in [6, 6.07) is 59.6. The number of rotatable bonds is 12. The van der Waals surface area contributed by atoms with Crippen LogP contribution in [0.15, 0.2) is 170 Å². The third kappa shape index (κ3) is 8.73. The molecule has 1 aliphatic heterocycles. The maximum atomic E-state index is 2.68. The van der Waals surface area contributed by atoms with E-state index in [-0.39, 0.29) is 0 Å². The van der Waals surface area contributed by atoms with Crippen LogP contribution in [-0.2, 0) is 0 Å². The van der Waals surface area contributed by atoms with Gasteiger partial charge in [0.2, 0.25) is 0 Å². The Morgan fingerprint density at radius 2 is 1.13 bits per heavy atom. The molecule has 1 fully saturated rings. The van der Waals surface area contributed by atoms with E-state index in [1.807, 2.05) is 0 Å². The second-order valence-corrected chi connectivity index (χ2v) is 17.7. The molecular weight excluding hydrogens is 761 g/mol. The number of aryl methyl sites for hydroxylation is 4. The molecular formula is C61H60N2. The van der Waals surface area contributed by atoms with Gasteiger partial charge in [-0.2, -0.15) is 0 Å². The molecule has 7 aromatic carbocycles. The Morgan fingerprint density at radius 1 is 0.587 bits per heavy atom. The Hall–Kier alpha value is -6.64. The van der Waals surface area contributed by atoms with Gasteiger partial charge in [0.15, 0.2) is 0 Å². The van der Waals surface area contributed by atoms with Gasteiger partial charge in [0.1, 0.15) is 0 Å². The van der Waals surface area contributed by atoms with E-state index in [2.05, 4.69) is 233 Å². The van der Waals surface area contributed by atoms with Gasteiger partial charge in [-0.15, -0.1) is 0 Å². The van der Waals surface area contributed by atoms with Crippen LogP contribution in [0.2, 0.25) is 0 Å². The molecule has 2 unspecified atom stereocenters. The van der Waals surface area contributed by atoms with Gasteiger partial charge in [-0.25, -0.2) is 0 Å². The van der Waals surface area contributed by atoms with Crippen molar-refractivity contribution >= 4 is 40.4 Å². The van der Waals surface area contributed by atoms with Crippen LogP contribution in [0.5, 0.6) is 0 Å². The van der Waals surface area contributed by atoms with Crippen molar-refractivity contribution in [3.05, 3.63) is 231 Å².